The van der Waals surface area contributed by atoms with Gasteiger partial charge in [-0.05, 0) is 38.1 Å². The summed E-state index contributed by atoms with van der Waals surface area (Å²) in [6.07, 6.45) is 1.01. The van der Waals surface area contributed by atoms with E-state index in [2.05, 4.69) is 5.32 Å². The van der Waals surface area contributed by atoms with Crippen LogP contribution in [0.4, 0.5) is 11.4 Å². The number of ether oxygens (including phenoxy) is 2. The lowest BCUT2D eigenvalue weighted by Gasteiger charge is -2.22. The number of carbonyl (C=O) groups is 2. The van der Waals surface area contributed by atoms with Gasteiger partial charge in [-0.2, -0.15) is 0 Å². The quantitative estimate of drug-likeness (QED) is 0.626. The molecule has 2 aromatic rings. The zero-order chi connectivity index (χ0) is 21.4. The Hall–Kier alpha value is -3.07. The second-order valence-corrected chi connectivity index (χ2v) is 7.92. The summed E-state index contributed by atoms with van der Waals surface area (Å²) < 4.78 is 35.9. The van der Waals surface area contributed by atoms with Gasteiger partial charge in [-0.3, -0.25) is 9.10 Å². The molecule has 0 aliphatic rings. The highest BCUT2D eigenvalue weighted by Crippen LogP contribution is 2.24. The number of rotatable bonds is 9. The maximum absolute atomic E-state index is 12.6. The summed E-state index contributed by atoms with van der Waals surface area (Å²) in [6.45, 7) is 3.65. The van der Waals surface area contributed by atoms with E-state index >= 15 is 0 Å². The van der Waals surface area contributed by atoms with Crippen molar-refractivity contribution in [2.75, 3.05) is 35.6 Å². The van der Waals surface area contributed by atoms with Crippen molar-refractivity contribution in [3.8, 4) is 5.75 Å². The third kappa shape index (κ3) is 6.21. The Kier molecular flexibility index (Phi) is 7.60. The maximum Gasteiger partial charge on any atom is 0.340 e. The Morgan fingerprint density at radius 3 is 2.41 bits per heavy atom. The summed E-state index contributed by atoms with van der Waals surface area (Å²) >= 11 is 0. The first kappa shape index (κ1) is 22.2. The zero-order valence-corrected chi connectivity index (χ0v) is 17.4. The Morgan fingerprint density at radius 1 is 1.03 bits per heavy atom. The normalized spacial score (nSPS) is 10.9. The lowest BCUT2D eigenvalue weighted by atomic mass is 10.2. The molecule has 0 spiro atoms. The molecule has 29 heavy (non-hydrogen) atoms. The van der Waals surface area contributed by atoms with Crippen LogP contribution in [0, 0.1) is 0 Å². The summed E-state index contributed by atoms with van der Waals surface area (Å²) in [5.41, 5.74) is 0.728. The molecule has 0 heterocycles. The van der Waals surface area contributed by atoms with E-state index in [1.54, 1.807) is 49.4 Å². The van der Waals surface area contributed by atoms with Gasteiger partial charge in [0.05, 0.1) is 36.4 Å². The molecular formula is C20H24N2O6S. The summed E-state index contributed by atoms with van der Waals surface area (Å²) in [6, 6.07) is 12.8. The van der Waals surface area contributed by atoms with Crippen LogP contribution in [0.1, 0.15) is 24.2 Å². The highest BCUT2D eigenvalue weighted by Gasteiger charge is 2.22. The van der Waals surface area contributed by atoms with Gasteiger partial charge in [-0.1, -0.05) is 18.2 Å². The van der Waals surface area contributed by atoms with Gasteiger partial charge in [0.25, 0.3) is 0 Å². The van der Waals surface area contributed by atoms with Crippen LogP contribution in [0.5, 0.6) is 5.75 Å². The smallest absolute Gasteiger partial charge is 0.340 e. The first-order valence-corrected chi connectivity index (χ1v) is 10.9. The molecule has 9 heteroatoms. The van der Waals surface area contributed by atoms with Gasteiger partial charge in [-0.15, -0.1) is 0 Å². The fourth-order valence-corrected chi connectivity index (χ4v) is 3.44. The van der Waals surface area contributed by atoms with Gasteiger partial charge in [0.1, 0.15) is 12.3 Å². The number of benzene rings is 2. The average molecular weight is 420 g/mol. The lowest BCUT2D eigenvalue weighted by molar-refractivity contribution is -0.114. The molecule has 1 amide bonds. The van der Waals surface area contributed by atoms with Crippen molar-refractivity contribution >= 4 is 33.3 Å². The number of hydrogen-bond acceptors (Lipinski definition) is 6. The first-order valence-electron chi connectivity index (χ1n) is 9.02. The number of nitrogens with zero attached hydrogens (tertiary/aromatic N) is 1. The molecule has 0 bridgehead atoms. The summed E-state index contributed by atoms with van der Waals surface area (Å²) in [7, 11) is -3.75. The van der Waals surface area contributed by atoms with Crippen LogP contribution < -0.4 is 14.4 Å². The minimum atomic E-state index is -3.75. The van der Waals surface area contributed by atoms with Crippen LogP contribution in [-0.4, -0.2) is 46.3 Å². The average Bonchev–Trinajstić information content (AvgIpc) is 2.66. The Morgan fingerprint density at radius 2 is 1.76 bits per heavy atom. The number of nitrogens with one attached hydrogen (secondary N) is 1. The predicted octanol–water partition coefficient (Wildman–Crippen LogP) is 2.67. The van der Waals surface area contributed by atoms with E-state index in [1.165, 1.54) is 6.07 Å². The zero-order valence-electron chi connectivity index (χ0n) is 16.5. The number of anilines is 2. The molecule has 0 aromatic heterocycles. The monoisotopic (exact) mass is 420 g/mol. The minimum Gasteiger partial charge on any atom is -0.494 e. The predicted molar refractivity (Wildman–Crippen MR) is 111 cm³/mol. The van der Waals surface area contributed by atoms with Crippen LogP contribution in [0.25, 0.3) is 0 Å². The fourth-order valence-electron chi connectivity index (χ4n) is 2.59. The molecule has 2 rings (SSSR count). The van der Waals surface area contributed by atoms with Crippen molar-refractivity contribution in [1.29, 1.82) is 0 Å². The van der Waals surface area contributed by atoms with Crippen LogP contribution >= 0.6 is 0 Å². The lowest BCUT2D eigenvalue weighted by Crippen LogP contribution is -2.37. The number of amides is 1. The number of sulfonamides is 1. The van der Waals surface area contributed by atoms with Crippen molar-refractivity contribution in [3.05, 3.63) is 54.1 Å². The van der Waals surface area contributed by atoms with Crippen molar-refractivity contribution in [2.45, 2.75) is 13.8 Å². The number of hydrogen-bond donors (Lipinski definition) is 1. The van der Waals surface area contributed by atoms with Gasteiger partial charge >= 0.3 is 5.97 Å². The molecule has 0 unspecified atom stereocenters. The standard InChI is InChI=1S/C20H24N2O6S/c1-4-27-16-10-8-9-15(13-16)22(29(3,25)26)14-19(23)21-18-12-7-6-11-17(18)20(24)28-5-2/h6-13H,4-5,14H2,1-3H3,(H,21,23). The van der Waals surface area contributed by atoms with Gasteiger partial charge < -0.3 is 14.8 Å². The van der Waals surface area contributed by atoms with Gasteiger partial charge in [0.2, 0.25) is 15.9 Å². The third-order valence-electron chi connectivity index (χ3n) is 3.80. The molecule has 8 nitrogen and oxygen atoms in total. The largest absolute Gasteiger partial charge is 0.494 e. The van der Waals surface area contributed by atoms with Crippen molar-refractivity contribution in [1.82, 2.24) is 0 Å². The van der Waals surface area contributed by atoms with E-state index in [0.29, 0.717) is 18.0 Å². The number of para-hydroxylation sites is 1. The summed E-state index contributed by atoms with van der Waals surface area (Å²) in [5.74, 6) is -0.687. The number of esters is 1. The Balaban J connectivity index is 2.25. The molecule has 2 aromatic carbocycles. The van der Waals surface area contributed by atoms with Crippen LogP contribution in [0.15, 0.2) is 48.5 Å². The molecule has 156 valence electrons. The van der Waals surface area contributed by atoms with E-state index in [4.69, 9.17) is 9.47 Å². The van der Waals surface area contributed by atoms with Gasteiger partial charge in [0, 0.05) is 6.07 Å². The van der Waals surface area contributed by atoms with Crippen LogP contribution in [0.2, 0.25) is 0 Å². The Bertz CT molecular complexity index is 974. The molecule has 0 saturated heterocycles. The SMILES string of the molecule is CCOC(=O)c1ccccc1NC(=O)CN(c1cccc(OCC)c1)S(C)(=O)=O. The molecular weight excluding hydrogens is 396 g/mol. The molecule has 0 aliphatic heterocycles. The van der Waals surface area contributed by atoms with Gasteiger partial charge in [0.15, 0.2) is 0 Å². The molecule has 1 N–H and O–H groups in total. The van der Waals surface area contributed by atoms with Crippen LogP contribution in [-0.2, 0) is 19.6 Å². The Labute approximate surface area is 170 Å². The van der Waals surface area contributed by atoms with Crippen molar-refractivity contribution in [2.24, 2.45) is 0 Å². The molecule has 0 radical (unpaired) electrons. The third-order valence-corrected chi connectivity index (χ3v) is 4.94. The summed E-state index contributed by atoms with van der Waals surface area (Å²) in [4.78, 5) is 24.6. The molecule has 0 saturated carbocycles. The van der Waals surface area contributed by atoms with E-state index < -0.39 is 28.4 Å². The highest BCUT2D eigenvalue weighted by molar-refractivity contribution is 7.92. The molecule has 0 fully saturated rings. The highest BCUT2D eigenvalue weighted by atomic mass is 32.2. The molecule has 0 atom stereocenters. The summed E-state index contributed by atoms with van der Waals surface area (Å²) in [5, 5.41) is 2.58. The molecule has 0 aliphatic carbocycles. The van der Waals surface area contributed by atoms with E-state index in [1.807, 2.05) is 6.92 Å². The minimum absolute atomic E-state index is 0.187. The number of carbonyl (C=O) groups excluding carboxylic acids is 2. The van der Waals surface area contributed by atoms with Crippen molar-refractivity contribution in [3.63, 3.8) is 0 Å². The van der Waals surface area contributed by atoms with E-state index in [9.17, 15) is 18.0 Å². The second-order valence-electron chi connectivity index (χ2n) is 6.01. The fraction of sp³-hybridized carbons (Fsp3) is 0.300. The first-order chi connectivity index (χ1) is 13.8. The second kappa shape index (κ2) is 9.92. The maximum atomic E-state index is 12.6. The topological polar surface area (TPSA) is 102 Å². The van der Waals surface area contributed by atoms with E-state index in [0.717, 1.165) is 10.6 Å². The van der Waals surface area contributed by atoms with Gasteiger partial charge in [-0.25, -0.2) is 13.2 Å². The van der Waals surface area contributed by atoms with Crippen molar-refractivity contribution < 1.29 is 27.5 Å². The van der Waals surface area contributed by atoms with Crippen LogP contribution in [0.3, 0.4) is 0 Å². The van der Waals surface area contributed by atoms with E-state index in [-0.39, 0.29) is 17.9 Å².